The van der Waals surface area contributed by atoms with Gasteiger partial charge in [0, 0.05) is 22.6 Å². The van der Waals surface area contributed by atoms with Gasteiger partial charge in [0.05, 0.1) is 15.8 Å². The van der Waals surface area contributed by atoms with Crippen LogP contribution in [0, 0.1) is 5.82 Å². The van der Waals surface area contributed by atoms with E-state index in [0.29, 0.717) is 20.9 Å². The van der Waals surface area contributed by atoms with E-state index in [1.807, 2.05) is 66.0 Å². The third-order valence-corrected chi connectivity index (χ3v) is 8.34. The van der Waals surface area contributed by atoms with Crippen LogP contribution >= 0.6 is 41.8 Å². The second kappa shape index (κ2) is 10.5. The maximum absolute atomic E-state index is 14.0. The van der Waals surface area contributed by atoms with E-state index in [0.717, 1.165) is 16.7 Å². The van der Waals surface area contributed by atoms with E-state index in [2.05, 4.69) is 10.1 Å². The van der Waals surface area contributed by atoms with Gasteiger partial charge in [0.2, 0.25) is 7.29 Å². The summed E-state index contributed by atoms with van der Waals surface area (Å²) in [6.07, 6.45) is 0. The van der Waals surface area contributed by atoms with Gasteiger partial charge in [0.1, 0.15) is 5.82 Å². The second-order valence-corrected chi connectivity index (χ2v) is 10.9. The molecule has 0 aliphatic rings. The minimum atomic E-state index is -3.42. The molecule has 1 N–H and O–H groups in total. The topological polar surface area (TPSA) is 42.0 Å². The van der Waals surface area contributed by atoms with Gasteiger partial charge in [-0.3, -0.25) is 4.57 Å². The number of aromatic nitrogens is 1. The molecule has 0 spiro atoms. The first kappa shape index (κ1) is 23.5. The highest BCUT2D eigenvalue weighted by atomic mass is 35.5. The van der Waals surface area contributed by atoms with Crippen molar-refractivity contribution in [1.29, 1.82) is 0 Å². The monoisotopic (exact) mass is 514 g/mol. The highest BCUT2D eigenvalue weighted by Gasteiger charge is 2.21. The van der Waals surface area contributed by atoms with E-state index in [4.69, 9.17) is 23.2 Å². The molecule has 166 valence electrons. The molecular formula is C25H18Cl2FN2OPS. The second-order valence-electron chi connectivity index (χ2n) is 7.05. The van der Waals surface area contributed by atoms with Gasteiger partial charge >= 0.3 is 0 Å². The van der Waals surface area contributed by atoms with Gasteiger partial charge in [-0.1, -0.05) is 83.9 Å². The summed E-state index contributed by atoms with van der Waals surface area (Å²) in [5.74, 6) is 2.64. The summed E-state index contributed by atoms with van der Waals surface area (Å²) in [6, 6.07) is 24.5. The molecule has 1 aromatic heterocycles. The zero-order chi connectivity index (χ0) is 23.3. The average molecular weight is 515 g/mol. The predicted octanol–water partition coefficient (Wildman–Crippen LogP) is 9.11. The van der Waals surface area contributed by atoms with E-state index in [9.17, 15) is 8.96 Å². The van der Waals surface area contributed by atoms with Gasteiger partial charge in [-0.05, 0) is 35.4 Å². The smallest absolute Gasteiger partial charge is 0.217 e. The molecule has 0 fully saturated rings. The Kier molecular flexibility index (Phi) is 7.46. The molecule has 0 saturated heterocycles. The lowest BCUT2D eigenvalue weighted by molar-refractivity contribution is 0.589. The van der Waals surface area contributed by atoms with Gasteiger partial charge in [0.25, 0.3) is 0 Å². The maximum Gasteiger partial charge on any atom is 0.217 e. The normalized spacial score (nSPS) is 12.6. The summed E-state index contributed by atoms with van der Waals surface area (Å²) in [5, 5.41) is 5.93. The van der Waals surface area contributed by atoms with Gasteiger partial charge < -0.3 is 5.09 Å². The molecule has 1 heterocycles. The Morgan fingerprint density at radius 1 is 0.848 bits per heavy atom. The molecule has 0 radical (unpaired) electrons. The summed E-state index contributed by atoms with van der Waals surface area (Å²) in [7, 11) is -3.42. The third-order valence-electron chi connectivity index (χ3n) is 4.62. The van der Waals surface area contributed by atoms with Crippen LogP contribution in [-0.4, -0.2) is 4.98 Å². The minimum Gasteiger partial charge on any atom is -0.306 e. The Morgan fingerprint density at radius 3 is 1.88 bits per heavy atom. The Hall–Kier alpha value is -2.69. The number of halogens is 3. The van der Waals surface area contributed by atoms with Gasteiger partial charge in [-0.2, -0.15) is 0 Å². The fraction of sp³-hybridized carbons (Fsp3) is 0. The Bertz CT molecular complexity index is 1280. The van der Waals surface area contributed by atoms with Crippen molar-refractivity contribution in [2.75, 3.05) is 5.09 Å². The average Bonchev–Trinajstić information content (AvgIpc) is 3.28. The van der Waals surface area contributed by atoms with Crippen molar-refractivity contribution in [2.45, 2.75) is 0 Å². The molecule has 3 nitrogen and oxygen atoms in total. The number of hydrogen-bond acceptors (Lipinski definition) is 3. The lowest BCUT2D eigenvalue weighted by Crippen LogP contribution is -1.94. The summed E-state index contributed by atoms with van der Waals surface area (Å²) in [6.45, 7) is 0. The van der Waals surface area contributed by atoms with E-state index in [1.165, 1.54) is 35.1 Å². The van der Waals surface area contributed by atoms with Crippen molar-refractivity contribution >= 4 is 57.0 Å². The minimum absolute atomic E-state index is 0.321. The Labute approximate surface area is 205 Å². The van der Waals surface area contributed by atoms with Crippen molar-refractivity contribution in [3.8, 4) is 11.3 Å². The highest BCUT2D eigenvalue weighted by Crippen LogP contribution is 2.54. The van der Waals surface area contributed by atoms with Crippen molar-refractivity contribution < 1.29 is 8.96 Å². The number of hydrogen-bond donors (Lipinski definition) is 1. The van der Waals surface area contributed by atoms with Crippen LogP contribution in [0.15, 0.2) is 102 Å². The SMILES string of the molecule is O=P(/C=C(\Cl)c1ccccc1)(/C=C(\Cl)c1ccccc1)Nc1nc(-c2ccc(F)cc2)cs1. The van der Waals surface area contributed by atoms with E-state index < -0.39 is 7.29 Å². The lowest BCUT2D eigenvalue weighted by atomic mass is 10.2. The van der Waals surface area contributed by atoms with Crippen molar-refractivity contribution in [3.63, 3.8) is 0 Å². The zero-order valence-electron chi connectivity index (χ0n) is 17.2. The first-order valence-electron chi connectivity index (χ1n) is 9.89. The molecule has 0 amide bonds. The molecule has 0 saturated carbocycles. The van der Waals surface area contributed by atoms with Crippen LogP contribution in [-0.2, 0) is 4.57 Å². The molecule has 0 aliphatic heterocycles. The predicted molar refractivity (Wildman–Crippen MR) is 139 cm³/mol. The van der Waals surface area contributed by atoms with Crippen molar-refractivity contribution in [2.24, 2.45) is 0 Å². The van der Waals surface area contributed by atoms with Crippen LogP contribution in [0.1, 0.15) is 11.1 Å². The molecule has 4 rings (SSSR count). The molecule has 0 unspecified atom stereocenters. The van der Waals surface area contributed by atoms with Crippen molar-refractivity contribution in [3.05, 3.63) is 119 Å². The first-order chi connectivity index (χ1) is 15.9. The van der Waals surface area contributed by atoms with E-state index >= 15 is 0 Å². The summed E-state index contributed by atoms with van der Waals surface area (Å²) >= 11 is 14.3. The molecular weight excluding hydrogens is 497 g/mol. The van der Waals surface area contributed by atoms with Crippen LogP contribution < -0.4 is 5.09 Å². The molecule has 8 heteroatoms. The summed E-state index contributed by atoms with van der Waals surface area (Å²) < 4.78 is 27.3. The number of benzene rings is 3. The largest absolute Gasteiger partial charge is 0.306 e. The highest BCUT2D eigenvalue weighted by molar-refractivity contribution is 7.72. The fourth-order valence-electron chi connectivity index (χ4n) is 3.01. The number of thiazole rings is 1. The van der Waals surface area contributed by atoms with Crippen LogP contribution in [0.25, 0.3) is 21.3 Å². The van der Waals surface area contributed by atoms with Crippen LogP contribution in [0.2, 0.25) is 0 Å². The molecule has 0 aliphatic carbocycles. The third kappa shape index (κ3) is 6.21. The molecule has 4 aromatic rings. The van der Waals surface area contributed by atoms with Gasteiger partial charge in [-0.15, -0.1) is 11.3 Å². The Morgan fingerprint density at radius 2 is 1.36 bits per heavy atom. The number of nitrogens with one attached hydrogen (secondary N) is 1. The molecule has 3 aromatic carbocycles. The fourth-order valence-corrected chi connectivity index (χ4v) is 6.86. The Balaban J connectivity index is 1.70. The molecule has 0 bridgehead atoms. The zero-order valence-corrected chi connectivity index (χ0v) is 20.4. The standard InChI is InChI=1S/C25H18Cl2FN2OPS/c26-22(18-7-3-1-4-8-18)15-32(31,16-23(27)19-9-5-2-6-10-19)30-25-29-24(17-33-25)20-11-13-21(28)14-12-20/h1-17H,(H,29,30,31)/b22-15-,23-16-. The van der Waals surface area contributed by atoms with Gasteiger partial charge in [0.15, 0.2) is 5.13 Å². The number of anilines is 1. The van der Waals surface area contributed by atoms with Gasteiger partial charge in [-0.25, -0.2) is 9.37 Å². The van der Waals surface area contributed by atoms with E-state index in [-0.39, 0.29) is 5.82 Å². The summed E-state index contributed by atoms with van der Waals surface area (Å²) in [5.41, 5.74) is 2.87. The maximum atomic E-state index is 14.0. The lowest BCUT2D eigenvalue weighted by Gasteiger charge is -2.13. The van der Waals surface area contributed by atoms with Crippen LogP contribution in [0.3, 0.4) is 0 Å². The number of rotatable bonds is 7. The first-order valence-corrected chi connectivity index (χ1v) is 13.4. The molecule has 33 heavy (non-hydrogen) atoms. The van der Waals surface area contributed by atoms with Crippen LogP contribution in [0.5, 0.6) is 0 Å². The number of nitrogens with zero attached hydrogens (tertiary/aromatic N) is 1. The van der Waals surface area contributed by atoms with E-state index in [1.54, 1.807) is 12.1 Å². The summed E-state index contributed by atoms with van der Waals surface area (Å²) in [4.78, 5) is 4.52. The quantitative estimate of drug-likeness (QED) is 0.250. The van der Waals surface area contributed by atoms with Crippen LogP contribution in [0.4, 0.5) is 9.52 Å². The molecule has 0 atom stereocenters. The van der Waals surface area contributed by atoms with Crippen molar-refractivity contribution in [1.82, 2.24) is 4.98 Å².